The summed E-state index contributed by atoms with van der Waals surface area (Å²) in [5.41, 5.74) is 4.18. The van der Waals surface area contributed by atoms with Crippen LogP contribution in [0.25, 0.3) is 16.6 Å². The molecule has 21 heavy (non-hydrogen) atoms. The van der Waals surface area contributed by atoms with Gasteiger partial charge in [-0.1, -0.05) is 39.0 Å². The van der Waals surface area contributed by atoms with Crippen molar-refractivity contribution in [1.82, 2.24) is 14.5 Å². The normalized spacial score (nSPS) is 12.0. The van der Waals surface area contributed by atoms with Crippen molar-refractivity contribution in [2.45, 2.75) is 33.1 Å². The molecule has 2 heterocycles. The molecule has 0 fully saturated rings. The molecule has 0 spiro atoms. The number of aryl methyl sites for hydroxylation is 1. The van der Waals surface area contributed by atoms with Crippen LogP contribution in [0.3, 0.4) is 0 Å². The molecule has 0 aliphatic carbocycles. The molecular formula is C17H19N3S. The van der Waals surface area contributed by atoms with Crippen molar-refractivity contribution >= 4 is 23.1 Å². The third kappa shape index (κ3) is 2.40. The number of hydrogen-bond donors (Lipinski definition) is 1. The smallest absolute Gasteiger partial charge is 0.182 e. The fraction of sp³-hybridized carbons (Fsp3) is 0.294. The second-order valence-corrected chi connectivity index (χ2v) is 6.75. The molecule has 3 aromatic rings. The average molecular weight is 297 g/mol. The third-order valence-corrected chi connectivity index (χ3v) is 3.92. The molecule has 0 radical (unpaired) electrons. The van der Waals surface area contributed by atoms with E-state index in [1.807, 2.05) is 19.2 Å². The Balaban J connectivity index is 2.39. The minimum Gasteiger partial charge on any atom is -0.337 e. The molecule has 0 atom stereocenters. The van der Waals surface area contributed by atoms with Crippen LogP contribution in [0, 0.1) is 11.7 Å². The van der Waals surface area contributed by atoms with Crippen molar-refractivity contribution in [3.05, 3.63) is 52.7 Å². The first-order valence-corrected chi connectivity index (χ1v) is 7.46. The number of rotatable bonds is 1. The van der Waals surface area contributed by atoms with Gasteiger partial charge in [-0.3, -0.25) is 9.55 Å². The number of imidazole rings is 1. The molecule has 0 amide bonds. The van der Waals surface area contributed by atoms with Crippen LogP contribution in [0.2, 0.25) is 0 Å². The first-order valence-electron chi connectivity index (χ1n) is 7.05. The van der Waals surface area contributed by atoms with Crippen molar-refractivity contribution in [2.75, 3.05) is 0 Å². The maximum atomic E-state index is 5.50. The number of aromatic nitrogens is 3. The first-order chi connectivity index (χ1) is 9.88. The van der Waals surface area contributed by atoms with Crippen molar-refractivity contribution in [3.63, 3.8) is 0 Å². The molecule has 2 aromatic heterocycles. The monoisotopic (exact) mass is 297 g/mol. The Bertz CT molecular complexity index is 866. The van der Waals surface area contributed by atoms with Gasteiger partial charge in [-0.15, -0.1) is 0 Å². The molecule has 3 rings (SSSR count). The number of nitrogens with zero attached hydrogens (tertiary/aromatic N) is 2. The molecule has 3 nitrogen and oxygen atoms in total. The Kier molecular flexibility index (Phi) is 3.21. The summed E-state index contributed by atoms with van der Waals surface area (Å²) in [6, 6.07) is 10.4. The molecule has 0 aliphatic heterocycles. The Hall–Kier alpha value is -1.94. The van der Waals surface area contributed by atoms with Gasteiger partial charge in [-0.05, 0) is 31.3 Å². The number of pyridine rings is 1. The van der Waals surface area contributed by atoms with Crippen LogP contribution in [-0.4, -0.2) is 14.5 Å². The highest BCUT2D eigenvalue weighted by molar-refractivity contribution is 7.71. The van der Waals surface area contributed by atoms with E-state index in [0.717, 1.165) is 28.0 Å². The van der Waals surface area contributed by atoms with E-state index in [1.165, 1.54) is 0 Å². The summed E-state index contributed by atoms with van der Waals surface area (Å²) < 4.78 is 2.81. The lowest BCUT2D eigenvalue weighted by Gasteiger charge is -2.21. The fourth-order valence-corrected chi connectivity index (χ4v) is 2.82. The molecule has 1 aromatic carbocycles. The highest BCUT2D eigenvalue weighted by Gasteiger charge is 2.21. The van der Waals surface area contributed by atoms with Crippen molar-refractivity contribution in [3.8, 4) is 5.69 Å². The zero-order chi connectivity index (χ0) is 15.2. The second kappa shape index (κ2) is 4.81. The molecule has 0 saturated carbocycles. The highest BCUT2D eigenvalue weighted by atomic mass is 32.1. The van der Waals surface area contributed by atoms with E-state index < -0.39 is 0 Å². The number of fused-ring (bicyclic) bond motifs is 1. The fourth-order valence-electron chi connectivity index (χ4n) is 2.57. The van der Waals surface area contributed by atoms with E-state index in [-0.39, 0.29) is 5.41 Å². The highest BCUT2D eigenvalue weighted by Crippen LogP contribution is 2.28. The number of para-hydroxylation sites is 1. The van der Waals surface area contributed by atoms with Gasteiger partial charge in [0.1, 0.15) is 0 Å². The van der Waals surface area contributed by atoms with E-state index in [0.29, 0.717) is 4.77 Å². The number of nitrogens with one attached hydrogen (secondary N) is 1. The lowest BCUT2D eigenvalue weighted by atomic mass is 9.92. The summed E-state index contributed by atoms with van der Waals surface area (Å²) in [5.74, 6) is 0. The molecule has 4 heteroatoms. The van der Waals surface area contributed by atoms with Gasteiger partial charge in [0.2, 0.25) is 0 Å². The molecule has 0 unspecified atom stereocenters. The largest absolute Gasteiger partial charge is 0.337 e. The van der Waals surface area contributed by atoms with Crippen LogP contribution in [0.15, 0.2) is 36.5 Å². The number of benzene rings is 1. The Labute approximate surface area is 129 Å². The number of hydrogen-bond acceptors (Lipinski definition) is 2. The third-order valence-electron chi connectivity index (χ3n) is 3.62. The Morgan fingerprint density at radius 2 is 1.90 bits per heavy atom. The van der Waals surface area contributed by atoms with Crippen LogP contribution < -0.4 is 0 Å². The average Bonchev–Trinajstić information content (AvgIpc) is 2.80. The van der Waals surface area contributed by atoms with E-state index in [9.17, 15) is 0 Å². The minimum absolute atomic E-state index is 0.000447. The van der Waals surface area contributed by atoms with Crippen LogP contribution in [0.5, 0.6) is 0 Å². The zero-order valence-electron chi connectivity index (χ0n) is 12.8. The summed E-state index contributed by atoms with van der Waals surface area (Å²) >= 11 is 5.50. The van der Waals surface area contributed by atoms with E-state index >= 15 is 0 Å². The maximum Gasteiger partial charge on any atom is 0.182 e. The minimum atomic E-state index is -0.000447. The standard InChI is InChI=1S/C17H19N3S/c1-11-8-9-12-6-5-7-13(15(12)19-11)20-14(17(2,3)4)10-18-16(20)21/h5-10H,1-4H3,(H,18,21). The maximum absolute atomic E-state index is 5.50. The Morgan fingerprint density at radius 3 is 2.62 bits per heavy atom. The van der Waals surface area contributed by atoms with E-state index in [1.54, 1.807) is 0 Å². The van der Waals surface area contributed by atoms with Crippen LogP contribution in [0.1, 0.15) is 32.2 Å². The summed E-state index contributed by atoms with van der Waals surface area (Å²) in [6.07, 6.45) is 2.00. The second-order valence-electron chi connectivity index (χ2n) is 6.37. The van der Waals surface area contributed by atoms with Gasteiger partial charge >= 0.3 is 0 Å². The van der Waals surface area contributed by atoms with Gasteiger partial charge in [0, 0.05) is 28.4 Å². The molecular weight excluding hydrogens is 278 g/mol. The summed E-state index contributed by atoms with van der Waals surface area (Å²) in [5, 5.41) is 1.13. The molecule has 0 bridgehead atoms. The summed E-state index contributed by atoms with van der Waals surface area (Å²) in [6.45, 7) is 8.57. The predicted octanol–water partition coefficient (Wildman–Crippen LogP) is 4.69. The molecule has 108 valence electrons. The van der Waals surface area contributed by atoms with Gasteiger partial charge in [0.15, 0.2) is 4.77 Å². The van der Waals surface area contributed by atoms with Gasteiger partial charge < -0.3 is 4.98 Å². The predicted molar refractivity (Wildman–Crippen MR) is 89.7 cm³/mol. The van der Waals surface area contributed by atoms with Gasteiger partial charge in [0.25, 0.3) is 0 Å². The molecule has 0 aliphatic rings. The molecule has 1 N–H and O–H groups in total. The van der Waals surface area contributed by atoms with Crippen LogP contribution >= 0.6 is 12.2 Å². The zero-order valence-corrected chi connectivity index (χ0v) is 13.6. The lowest BCUT2D eigenvalue weighted by Crippen LogP contribution is -2.17. The van der Waals surface area contributed by atoms with E-state index in [4.69, 9.17) is 17.2 Å². The van der Waals surface area contributed by atoms with Gasteiger partial charge in [-0.25, -0.2) is 0 Å². The van der Waals surface area contributed by atoms with Crippen molar-refractivity contribution in [1.29, 1.82) is 0 Å². The number of aromatic amines is 1. The topological polar surface area (TPSA) is 33.6 Å². The van der Waals surface area contributed by atoms with Crippen molar-refractivity contribution < 1.29 is 0 Å². The van der Waals surface area contributed by atoms with Crippen LogP contribution in [-0.2, 0) is 5.41 Å². The van der Waals surface area contributed by atoms with Gasteiger partial charge in [0.05, 0.1) is 11.2 Å². The lowest BCUT2D eigenvalue weighted by molar-refractivity contribution is 0.556. The molecule has 0 saturated heterocycles. The first kappa shape index (κ1) is 14.0. The Morgan fingerprint density at radius 1 is 1.14 bits per heavy atom. The van der Waals surface area contributed by atoms with Crippen molar-refractivity contribution in [2.24, 2.45) is 0 Å². The number of H-pyrrole nitrogens is 1. The summed E-state index contributed by atoms with van der Waals surface area (Å²) in [7, 11) is 0. The van der Waals surface area contributed by atoms with Crippen LogP contribution in [0.4, 0.5) is 0 Å². The SMILES string of the molecule is Cc1ccc2cccc(-n3c(C(C)(C)C)c[nH]c3=S)c2n1. The quantitative estimate of drug-likeness (QED) is 0.661. The van der Waals surface area contributed by atoms with E-state index in [2.05, 4.69) is 54.6 Å². The summed E-state index contributed by atoms with van der Waals surface area (Å²) in [4.78, 5) is 7.89. The van der Waals surface area contributed by atoms with Gasteiger partial charge in [-0.2, -0.15) is 0 Å².